The van der Waals surface area contributed by atoms with Gasteiger partial charge < -0.3 is 13.9 Å². The van der Waals surface area contributed by atoms with Gasteiger partial charge in [-0.25, -0.2) is 5.43 Å². The van der Waals surface area contributed by atoms with Crippen LogP contribution in [0, 0.1) is 13.8 Å². The number of amides is 1. The lowest BCUT2D eigenvalue weighted by atomic mass is 10.2. The molecule has 1 N–H and O–H groups in total. The average Bonchev–Trinajstić information content (AvgIpc) is 2.85. The van der Waals surface area contributed by atoms with Gasteiger partial charge in [-0.15, -0.1) is 0 Å². The van der Waals surface area contributed by atoms with E-state index in [4.69, 9.17) is 13.9 Å². The Morgan fingerprint density at radius 1 is 1.14 bits per heavy atom. The van der Waals surface area contributed by atoms with Crippen LogP contribution in [0.4, 0.5) is 0 Å². The minimum absolute atomic E-state index is 0.319. The number of nitrogens with one attached hydrogen (secondary N) is 1. The van der Waals surface area contributed by atoms with Crippen molar-refractivity contribution in [1.29, 1.82) is 0 Å². The predicted molar refractivity (Wildman–Crippen MR) is 82.8 cm³/mol. The Labute approximate surface area is 128 Å². The fraction of sp³-hybridized carbons (Fsp3) is 0.250. The molecule has 0 saturated carbocycles. The van der Waals surface area contributed by atoms with E-state index in [2.05, 4.69) is 10.5 Å². The maximum absolute atomic E-state index is 12.0. The first kappa shape index (κ1) is 15.6. The Morgan fingerprint density at radius 3 is 2.27 bits per heavy atom. The molecular weight excluding hydrogens is 284 g/mol. The van der Waals surface area contributed by atoms with E-state index >= 15 is 0 Å². The molecule has 6 nitrogen and oxygen atoms in total. The van der Waals surface area contributed by atoms with Gasteiger partial charge in [0.1, 0.15) is 23.0 Å². The molecule has 0 atom stereocenters. The monoisotopic (exact) mass is 302 g/mol. The maximum atomic E-state index is 12.0. The first-order chi connectivity index (χ1) is 10.5. The smallest absolute Gasteiger partial charge is 0.274 e. The van der Waals surface area contributed by atoms with Crippen molar-refractivity contribution in [1.82, 2.24) is 5.43 Å². The highest BCUT2D eigenvalue weighted by Gasteiger charge is 2.12. The molecular formula is C16H18N2O4. The number of hydrogen-bond donors (Lipinski definition) is 1. The van der Waals surface area contributed by atoms with Crippen LogP contribution in [0.1, 0.15) is 27.4 Å². The molecule has 1 aromatic carbocycles. The van der Waals surface area contributed by atoms with Gasteiger partial charge in [0.05, 0.1) is 26.0 Å². The number of ether oxygens (including phenoxy) is 2. The fourth-order valence-electron chi connectivity index (χ4n) is 1.99. The molecule has 1 aromatic heterocycles. The summed E-state index contributed by atoms with van der Waals surface area (Å²) in [7, 11) is 3.14. The highest BCUT2D eigenvalue weighted by molar-refractivity contribution is 5.95. The lowest BCUT2D eigenvalue weighted by molar-refractivity contribution is 0.0953. The first-order valence-corrected chi connectivity index (χ1v) is 6.67. The van der Waals surface area contributed by atoms with Gasteiger partial charge in [0.2, 0.25) is 0 Å². The zero-order valence-corrected chi connectivity index (χ0v) is 13.0. The Bertz CT molecular complexity index is 682. The second kappa shape index (κ2) is 6.80. The molecule has 1 amide bonds. The van der Waals surface area contributed by atoms with Crippen LogP contribution in [-0.2, 0) is 0 Å². The summed E-state index contributed by atoms with van der Waals surface area (Å²) in [6, 6.07) is 7.00. The molecule has 0 bridgehead atoms. The van der Waals surface area contributed by atoms with Gasteiger partial charge in [0.25, 0.3) is 5.91 Å². The van der Waals surface area contributed by atoms with E-state index in [-0.39, 0.29) is 5.91 Å². The van der Waals surface area contributed by atoms with E-state index in [1.54, 1.807) is 52.3 Å². The van der Waals surface area contributed by atoms with E-state index in [1.807, 2.05) is 0 Å². The Hall–Kier alpha value is -2.76. The highest BCUT2D eigenvalue weighted by Crippen LogP contribution is 2.21. The highest BCUT2D eigenvalue weighted by atomic mass is 16.5. The standard InChI is InChI=1S/C16H18N2O4/c1-10-5-15(11(2)22-10)16(19)18-17-9-12-6-13(20-3)8-14(7-12)21-4/h5-9H,1-4H3,(H,18,19)/b17-9-. The number of nitrogens with zero attached hydrogens (tertiary/aromatic N) is 1. The summed E-state index contributed by atoms with van der Waals surface area (Å²) >= 11 is 0. The Morgan fingerprint density at radius 2 is 1.77 bits per heavy atom. The van der Waals surface area contributed by atoms with E-state index in [0.717, 1.165) is 5.56 Å². The van der Waals surface area contributed by atoms with Crippen LogP contribution in [0.3, 0.4) is 0 Å². The largest absolute Gasteiger partial charge is 0.497 e. The molecule has 116 valence electrons. The van der Waals surface area contributed by atoms with E-state index in [1.165, 1.54) is 6.21 Å². The van der Waals surface area contributed by atoms with Crippen LogP contribution in [0.15, 0.2) is 33.8 Å². The number of furan rings is 1. The third-order valence-electron chi connectivity index (χ3n) is 3.04. The van der Waals surface area contributed by atoms with Gasteiger partial charge in [-0.1, -0.05) is 0 Å². The normalized spacial score (nSPS) is 10.7. The number of rotatable bonds is 5. The lowest BCUT2D eigenvalue weighted by Crippen LogP contribution is -2.17. The number of hydrazone groups is 1. The third kappa shape index (κ3) is 3.66. The number of hydrogen-bond acceptors (Lipinski definition) is 5. The number of benzene rings is 1. The van der Waals surface area contributed by atoms with E-state index < -0.39 is 0 Å². The molecule has 0 aliphatic carbocycles. The van der Waals surface area contributed by atoms with Crippen LogP contribution < -0.4 is 14.9 Å². The molecule has 6 heteroatoms. The summed E-state index contributed by atoms with van der Waals surface area (Å²) in [5.74, 6) is 2.22. The van der Waals surface area contributed by atoms with E-state index in [9.17, 15) is 4.79 Å². The number of carbonyl (C=O) groups excluding carboxylic acids is 1. The number of aryl methyl sites for hydroxylation is 2. The molecule has 1 heterocycles. The fourth-order valence-corrected chi connectivity index (χ4v) is 1.99. The van der Waals surface area contributed by atoms with Crippen molar-refractivity contribution in [2.45, 2.75) is 13.8 Å². The molecule has 0 unspecified atom stereocenters. The Kier molecular flexibility index (Phi) is 4.83. The van der Waals surface area contributed by atoms with Crippen molar-refractivity contribution in [3.8, 4) is 11.5 Å². The van der Waals surface area contributed by atoms with E-state index in [0.29, 0.717) is 28.6 Å². The summed E-state index contributed by atoms with van der Waals surface area (Å²) in [6.45, 7) is 3.52. The number of carbonyl (C=O) groups is 1. The predicted octanol–water partition coefficient (Wildman–Crippen LogP) is 2.68. The average molecular weight is 302 g/mol. The van der Waals surface area contributed by atoms with Gasteiger partial charge in [-0.2, -0.15) is 5.10 Å². The maximum Gasteiger partial charge on any atom is 0.274 e. The quantitative estimate of drug-likeness (QED) is 0.681. The SMILES string of the molecule is COc1cc(/C=N\NC(=O)c2cc(C)oc2C)cc(OC)c1. The van der Waals surface area contributed by atoms with Crippen molar-refractivity contribution in [2.24, 2.45) is 5.10 Å². The zero-order valence-electron chi connectivity index (χ0n) is 13.0. The van der Waals surface area contributed by atoms with Crippen molar-refractivity contribution in [2.75, 3.05) is 14.2 Å². The molecule has 22 heavy (non-hydrogen) atoms. The third-order valence-corrected chi connectivity index (χ3v) is 3.04. The van der Waals surface area contributed by atoms with Crippen LogP contribution >= 0.6 is 0 Å². The van der Waals surface area contributed by atoms with Gasteiger partial charge in [0, 0.05) is 11.6 Å². The summed E-state index contributed by atoms with van der Waals surface area (Å²) in [5, 5.41) is 3.94. The van der Waals surface area contributed by atoms with Gasteiger partial charge in [-0.05, 0) is 32.0 Å². The van der Waals surface area contributed by atoms with Crippen molar-refractivity contribution < 1.29 is 18.7 Å². The molecule has 0 saturated heterocycles. The van der Waals surface area contributed by atoms with Crippen LogP contribution in [0.25, 0.3) is 0 Å². The van der Waals surface area contributed by atoms with Crippen molar-refractivity contribution in [3.63, 3.8) is 0 Å². The summed E-state index contributed by atoms with van der Waals surface area (Å²) in [6.07, 6.45) is 1.52. The number of methoxy groups -OCH3 is 2. The molecule has 0 spiro atoms. The van der Waals surface area contributed by atoms with Crippen molar-refractivity contribution >= 4 is 12.1 Å². The van der Waals surface area contributed by atoms with Gasteiger partial charge in [0.15, 0.2) is 0 Å². The first-order valence-electron chi connectivity index (χ1n) is 6.67. The molecule has 0 aliphatic rings. The summed E-state index contributed by atoms with van der Waals surface area (Å²) in [4.78, 5) is 12.0. The molecule has 2 rings (SSSR count). The minimum atomic E-state index is -0.319. The van der Waals surface area contributed by atoms with Crippen molar-refractivity contribution in [3.05, 3.63) is 46.9 Å². The zero-order chi connectivity index (χ0) is 16.1. The Balaban J connectivity index is 2.09. The molecule has 2 aromatic rings. The molecule has 0 fully saturated rings. The minimum Gasteiger partial charge on any atom is -0.497 e. The topological polar surface area (TPSA) is 73.1 Å². The van der Waals surface area contributed by atoms with Crippen LogP contribution in [-0.4, -0.2) is 26.3 Å². The molecule has 0 aliphatic heterocycles. The lowest BCUT2D eigenvalue weighted by Gasteiger charge is -2.05. The second-order valence-corrected chi connectivity index (χ2v) is 4.67. The van der Waals surface area contributed by atoms with Crippen LogP contribution in [0.2, 0.25) is 0 Å². The summed E-state index contributed by atoms with van der Waals surface area (Å²) in [5.41, 5.74) is 3.68. The van der Waals surface area contributed by atoms with Gasteiger partial charge in [-0.3, -0.25) is 4.79 Å². The second-order valence-electron chi connectivity index (χ2n) is 4.67. The molecule has 0 radical (unpaired) electrons. The van der Waals surface area contributed by atoms with Crippen LogP contribution in [0.5, 0.6) is 11.5 Å². The van der Waals surface area contributed by atoms with Gasteiger partial charge >= 0.3 is 0 Å². The summed E-state index contributed by atoms with van der Waals surface area (Å²) < 4.78 is 15.7.